The summed E-state index contributed by atoms with van der Waals surface area (Å²) in [5.41, 5.74) is 4.00. The second-order valence-electron chi connectivity index (χ2n) is 5.32. The molecule has 0 saturated carbocycles. The monoisotopic (exact) mass is 362 g/mol. The van der Waals surface area contributed by atoms with Gasteiger partial charge in [-0.2, -0.15) is 0 Å². The minimum Gasteiger partial charge on any atom is -0.384 e. The van der Waals surface area contributed by atoms with E-state index in [1.807, 2.05) is 10.9 Å². The molecule has 25 heavy (non-hydrogen) atoms. The van der Waals surface area contributed by atoms with Gasteiger partial charge >= 0.3 is 0 Å². The number of sulfonamides is 1. The molecule has 1 aliphatic rings. The van der Waals surface area contributed by atoms with Gasteiger partial charge < -0.3 is 5.32 Å². The van der Waals surface area contributed by atoms with E-state index in [2.05, 4.69) is 10.7 Å². The average Bonchev–Trinajstić information content (AvgIpc) is 3.08. The van der Waals surface area contributed by atoms with Crippen molar-refractivity contribution in [1.82, 2.24) is 10.3 Å². The van der Waals surface area contributed by atoms with Crippen molar-refractivity contribution in [3.8, 4) is 0 Å². The Morgan fingerprint density at radius 2 is 1.88 bits per heavy atom. The van der Waals surface area contributed by atoms with Crippen molar-refractivity contribution >= 4 is 27.3 Å². The van der Waals surface area contributed by atoms with Crippen LogP contribution in [0.15, 0.2) is 47.4 Å². The number of nitrogens with zero attached hydrogens (tertiary/aromatic N) is 1. The van der Waals surface area contributed by atoms with Crippen LogP contribution in [0.4, 0.5) is 11.4 Å². The normalized spacial score (nSPS) is 13.0. The largest absolute Gasteiger partial charge is 0.384 e. The Bertz CT molecular complexity index is 941. The van der Waals surface area contributed by atoms with E-state index >= 15 is 0 Å². The maximum atomic E-state index is 12.3. The van der Waals surface area contributed by atoms with Gasteiger partial charge in [0.2, 0.25) is 0 Å². The van der Waals surface area contributed by atoms with Crippen molar-refractivity contribution in [3.05, 3.63) is 63.7 Å². The summed E-state index contributed by atoms with van der Waals surface area (Å²) < 4.78 is 24.3. The van der Waals surface area contributed by atoms with E-state index in [1.54, 1.807) is 12.1 Å². The van der Waals surface area contributed by atoms with Crippen molar-refractivity contribution < 1.29 is 18.1 Å². The molecular weight excluding hydrogens is 348 g/mol. The maximum Gasteiger partial charge on any atom is 0.269 e. The third-order valence-corrected chi connectivity index (χ3v) is 5.03. The van der Waals surface area contributed by atoms with Gasteiger partial charge in [0, 0.05) is 29.9 Å². The third kappa shape index (κ3) is 3.44. The molecule has 1 heterocycles. The molecule has 0 saturated heterocycles. The number of nitrogens with one attached hydrogen (secondary N) is 3. The summed E-state index contributed by atoms with van der Waals surface area (Å²) in [7, 11) is -4.04. The molecule has 0 unspecified atom stereocenters. The molecule has 0 bridgehead atoms. The summed E-state index contributed by atoms with van der Waals surface area (Å²) in [4.78, 5) is 24.0. The minimum atomic E-state index is -4.04. The van der Waals surface area contributed by atoms with Gasteiger partial charge in [-0.05, 0) is 36.2 Å². The number of non-ortho nitro benzene ring substituents is 1. The Balaban J connectivity index is 1.73. The van der Waals surface area contributed by atoms with Crippen LogP contribution in [-0.2, 0) is 16.4 Å². The Hall–Kier alpha value is -2.98. The fraction of sp³-hybridized carbons (Fsp3) is 0.133. The predicted octanol–water partition coefficient (Wildman–Crippen LogP) is 1.19. The SMILES string of the molecule is O=C(NNS(=O)(=O)c1ccc([N+](=O)[O-])cc1)c1cccc2c1CCN2. The molecule has 0 fully saturated rings. The van der Waals surface area contributed by atoms with Crippen molar-refractivity contribution in [2.45, 2.75) is 11.3 Å². The van der Waals surface area contributed by atoms with Crippen LogP contribution in [0.2, 0.25) is 0 Å². The lowest BCUT2D eigenvalue weighted by atomic mass is 10.0. The number of nitro benzene ring substituents is 1. The number of hydrogen-bond acceptors (Lipinski definition) is 6. The van der Waals surface area contributed by atoms with Crippen LogP contribution in [0.1, 0.15) is 15.9 Å². The topological polar surface area (TPSA) is 130 Å². The molecule has 0 aromatic heterocycles. The van der Waals surface area contributed by atoms with Gasteiger partial charge in [-0.1, -0.05) is 6.07 Å². The zero-order valence-corrected chi connectivity index (χ0v) is 13.7. The lowest BCUT2D eigenvalue weighted by Gasteiger charge is -2.10. The van der Waals surface area contributed by atoms with Gasteiger partial charge in [-0.15, -0.1) is 4.83 Å². The molecule has 1 amide bonds. The van der Waals surface area contributed by atoms with Crippen molar-refractivity contribution in [1.29, 1.82) is 0 Å². The maximum absolute atomic E-state index is 12.3. The van der Waals surface area contributed by atoms with Crippen LogP contribution in [0.3, 0.4) is 0 Å². The van der Waals surface area contributed by atoms with E-state index in [-0.39, 0.29) is 10.6 Å². The summed E-state index contributed by atoms with van der Waals surface area (Å²) in [5.74, 6) is -0.578. The number of fused-ring (bicyclic) bond motifs is 1. The standard InChI is InChI=1S/C15H14N4O5S/c20-15(13-2-1-3-14-12(13)8-9-16-14)17-18-25(23,24)11-6-4-10(5-7-11)19(21)22/h1-7,16,18H,8-9H2,(H,17,20). The first-order valence-corrected chi connectivity index (χ1v) is 8.79. The first-order valence-electron chi connectivity index (χ1n) is 7.31. The number of hydrazine groups is 1. The fourth-order valence-electron chi connectivity index (χ4n) is 2.54. The fourth-order valence-corrected chi connectivity index (χ4v) is 3.38. The molecule has 3 N–H and O–H groups in total. The smallest absolute Gasteiger partial charge is 0.269 e. The number of anilines is 1. The Morgan fingerprint density at radius 1 is 1.16 bits per heavy atom. The number of benzene rings is 2. The first kappa shape index (κ1) is 16.9. The van der Waals surface area contributed by atoms with Gasteiger partial charge in [-0.25, -0.2) is 8.42 Å². The van der Waals surface area contributed by atoms with Crippen molar-refractivity contribution in [2.75, 3.05) is 11.9 Å². The highest BCUT2D eigenvalue weighted by molar-refractivity contribution is 7.89. The quantitative estimate of drug-likeness (QED) is 0.541. The number of nitro groups is 1. The van der Waals surface area contributed by atoms with Crippen LogP contribution in [0.5, 0.6) is 0 Å². The highest BCUT2D eigenvalue weighted by atomic mass is 32.2. The number of hydrogen-bond donors (Lipinski definition) is 3. The summed E-state index contributed by atoms with van der Waals surface area (Å²) in [5, 5.41) is 13.7. The molecule has 2 aromatic rings. The second kappa shape index (κ2) is 6.49. The summed E-state index contributed by atoms with van der Waals surface area (Å²) >= 11 is 0. The summed E-state index contributed by atoms with van der Waals surface area (Å²) in [6, 6.07) is 9.50. The molecule has 0 spiro atoms. The number of rotatable bonds is 5. The molecule has 0 aliphatic carbocycles. The minimum absolute atomic E-state index is 0.196. The van der Waals surface area contributed by atoms with Crippen molar-refractivity contribution in [2.24, 2.45) is 0 Å². The third-order valence-electron chi connectivity index (χ3n) is 3.77. The van der Waals surface area contributed by atoms with Gasteiger partial charge in [0.25, 0.3) is 21.6 Å². The lowest BCUT2D eigenvalue weighted by Crippen LogP contribution is -2.41. The molecule has 9 nitrogen and oxygen atoms in total. The molecule has 3 rings (SSSR count). The molecule has 10 heteroatoms. The Kier molecular flexibility index (Phi) is 4.38. The van der Waals surface area contributed by atoms with Crippen LogP contribution >= 0.6 is 0 Å². The van der Waals surface area contributed by atoms with Gasteiger partial charge in [0.05, 0.1) is 9.82 Å². The van der Waals surface area contributed by atoms with E-state index in [0.717, 1.165) is 35.5 Å². The predicted molar refractivity (Wildman–Crippen MR) is 89.5 cm³/mol. The second-order valence-corrected chi connectivity index (χ2v) is 7.00. The van der Waals surface area contributed by atoms with Crippen molar-refractivity contribution in [3.63, 3.8) is 0 Å². The zero-order valence-electron chi connectivity index (χ0n) is 12.9. The van der Waals surface area contributed by atoms with Crippen LogP contribution < -0.4 is 15.6 Å². The summed E-state index contributed by atoms with van der Waals surface area (Å²) in [6.07, 6.45) is 0.675. The molecule has 0 atom stereocenters. The van der Waals surface area contributed by atoms with Gasteiger partial charge in [0.15, 0.2) is 0 Å². The summed E-state index contributed by atoms with van der Waals surface area (Å²) in [6.45, 7) is 0.716. The average molecular weight is 362 g/mol. The first-order chi connectivity index (χ1) is 11.9. The molecule has 1 aliphatic heterocycles. The number of amides is 1. The molecular formula is C15H14N4O5S. The van der Waals surface area contributed by atoms with Crippen LogP contribution in [-0.4, -0.2) is 25.8 Å². The van der Waals surface area contributed by atoms with E-state index < -0.39 is 20.9 Å². The molecule has 130 valence electrons. The highest BCUT2D eigenvalue weighted by Crippen LogP contribution is 2.25. The molecule has 2 aromatic carbocycles. The number of carbonyl (C=O) groups excluding carboxylic acids is 1. The van der Waals surface area contributed by atoms with E-state index in [4.69, 9.17) is 0 Å². The van der Waals surface area contributed by atoms with E-state index in [9.17, 15) is 23.3 Å². The highest BCUT2D eigenvalue weighted by Gasteiger charge is 2.21. The Morgan fingerprint density at radius 3 is 2.56 bits per heavy atom. The van der Waals surface area contributed by atoms with Gasteiger partial charge in [-0.3, -0.25) is 20.3 Å². The molecule has 0 radical (unpaired) electrons. The lowest BCUT2D eigenvalue weighted by molar-refractivity contribution is -0.384. The zero-order chi connectivity index (χ0) is 18.0. The van der Waals surface area contributed by atoms with Gasteiger partial charge in [0.1, 0.15) is 0 Å². The van der Waals surface area contributed by atoms with Crippen LogP contribution in [0.25, 0.3) is 0 Å². The van der Waals surface area contributed by atoms with Crippen LogP contribution in [0, 0.1) is 10.1 Å². The van der Waals surface area contributed by atoms with E-state index in [0.29, 0.717) is 18.5 Å². The number of carbonyl (C=O) groups is 1. The Labute approximate surface area is 143 Å². The van der Waals surface area contributed by atoms with E-state index in [1.165, 1.54) is 0 Å².